The summed E-state index contributed by atoms with van der Waals surface area (Å²) in [4.78, 5) is 26.0. The SMILES string of the molecule is CCCCCC(=O)ONC(=O)CI. The van der Waals surface area contributed by atoms with E-state index < -0.39 is 0 Å². The summed E-state index contributed by atoms with van der Waals surface area (Å²) >= 11 is 1.89. The van der Waals surface area contributed by atoms with Crippen LogP contribution in [0.5, 0.6) is 0 Å². The van der Waals surface area contributed by atoms with E-state index in [9.17, 15) is 9.59 Å². The highest BCUT2D eigenvalue weighted by atomic mass is 127. The first-order valence-electron chi connectivity index (χ1n) is 4.25. The molecule has 13 heavy (non-hydrogen) atoms. The van der Waals surface area contributed by atoms with E-state index >= 15 is 0 Å². The van der Waals surface area contributed by atoms with Crippen LogP contribution in [0.4, 0.5) is 0 Å². The first-order valence-corrected chi connectivity index (χ1v) is 5.77. The molecule has 0 bridgehead atoms. The van der Waals surface area contributed by atoms with Crippen molar-refractivity contribution in [3.05, 3.63) is 0 Å². The van der Waals surface area contributed by atoms with Crippen LogP contribution < -0.4 is 5.48 Å². The number of amides is 1. The molecule has 1 amide bonds. The molecule has 0 atom stereocenters. The fourth-order valence-corrected chi connectivity index (χ4v) is 0.867. The first-order chi connectivity index (χ1) is 6.20. The van der Waals surface area contributed by atoms with E-state index in [2.05, 4.69) is 17.2 Å². The Hall–Kier alpha value is -0.330. The van der Waals surface area contributed by atoms with Crippen LogP contribution in [-0.4, -0.2) is 16.3 Å². The van der Waals surface area contributed by atoms with E-state index in [1.807, 2.05) is 22.6 Å². The molecule has 0 aliphatic rings. The normalized spacial score (nSPS) is 9.38. The summed E-state index contributed by atoms with van der Waals surface area (Å²) in [7, 11) is 0. The number of alkyl halides is 1. The number of hydrogen-bond acceptors (Lipinski definition) is 3. The van der Waals surface area contributed by atoms with Gasteiger partial charge in [0.1, 0.15) is 0 Å². The maximum atomic E-state index is 10.9. The van der Waals surface area contributed by atoms with Gasteiger partial charge in [0.25, 0.3) is 5.91 Å². The molecule has 0 heterocycles. The lowest BCUT2D eigenvalue weighted by Gasteiger charge is -2.02. The molecule has 1 N–H and O–H groups in total. The molecule has 0 spiro atoms. The van der Waals surface area contributed by atoms with Crippen molar-refractivity contribution < 1.29 is 14.4 Å². The Bertz CT molecular complexity index is 173. The highest BCUT2D eigenvalue weighted by Crippen LogP contribution is 1.99. The molecule has 0 rings (SSSR count). The van der Waals surface area contributed by atoms with Crippen LogP contribution in [-0.2, 0) is 14.4 Å². The second kappa shape index (κ2) is 8.28. The van der Waals surface area contributed by atoms with Gasteiger partial charge in [-0.1, -0.05) is 42.4 Å². The van der Waals surface area contributed by atoms with Gasteiger partial charge >= 0.3 is 5.97 Å². The summed E-state index contributed by atoms with van der Waals surface area (Å²) in [5.41, 5.74) is 2.06. The number of carbonyl (C=O) groups excluding carboxylic acids is 2. The lowest BCUT2D eigenvalue weighted by atomic mass is 10.2. The van der Waals surface area contributed by atoms with Gasteiger partial charge in [-0.05, 0) is 6.42 Å². The number of hydroxylamine groups is 1. The lowest BCUT2D eigenvalue weighted by molar-refractivity contribution is -0.157. The van der Waals surface area contributed by atoms with Gasteiger partial charge in [-0.2, -0.15) is 5.48 Å². The highest BCUT2D eigenvalue weighted by molar-refractivity contribution is 14.1. The largest absolute Gasteiger partial charge is 0.341 e. The van der Waals surface area contributed by atoms with Crippen molar-refractivity contribution in [2.24, 2.45) is 0 Å². The lowest BCUT2D eigenvalue weighted by Crippen LogP contribution is -2.27. The zero-order valence-electron chi connectivity index (χ0n) is 7.64. The Labute approximate surface area is 91.5 Å². The highest BCUT2D eigenvalue weighted by Gasteiger charge is 2.04. The van der Waals surface area contributed by atoms with E-state index in [4.69, 9.17) is 0 Å². The fourth-order valence-electron chi connectivity index (χ4n) is 0.711. The summed E-state index contributed by atoms with van der Waals surface area (Å²) in [5, 5.41) is 0. The minimum absolute atomic E-state index is 0.288. The van der Waals surface area contributed by atoms with E-state index in [1.54, 1.807) is 0 Å². The van der Waals surface area contributed by atoms with Crippen molar-refractivity contribution in [2.75, 3.05) is 4.43 Å². The maximum Gasteiger partial charge on any atom is 0.332 e. The molecule has 0 aromatic rings. The van der Waals surface area contributed by atoms with Gasteiger partial charge in [0, 0.05) is 6.42 Å². The zero-order valence-corrected chi connectivity index (χ0v) is 9.80. The van der Waals surface area contributed by atoms with Crippen LogP contribution in [0.1, 0.15) is 32.6 Å². The second-order valence-corrected chi connectivity index (χ2v) is 3.35. The molecule has 0 radical (unpaired) electrons. The van der Waals surface area contributed by atoms with Crippen molar-refractivity contribution in [2.45, 2.75) is 32.6 Å². The minimum Gasteiger partial charge on any atom is -0.341 e. The van der Waals surface area contributed by atoms with Gasteiger partial charge in [0.15, 0.2) is 0 Å². The van der Waals surface area contributed by atoms with Crippen LogP contribution in [0, 0.1) is 0 Å². The van der Waals surface area contributed by atoms with Crippen LogP contribution >= 0.6 is 22.6 Å². The molecule has 0 unspecified atom stereocenters. The van der Waals surface area contributed by atoms with E-state index in [0.717, 1.165) is 19.3 Å². The van der Waals surface area contributed by atoms with Crippen molar-refractivity contribution in [1.29, 1.82) is 0 Å². The molecular formula is C8H14INO3. The van der Waals surface area contributed by atoms with Crippen LogP contribution in [0.3, 0.4) is 0 Å². The Morgan fingerprint density at radius 2 is 2.08 bits per heavy atom. The summed E-state index contributed by atoms with van der Waals surface area (Å²) in [6.45, 7) is 2.06. The van der Waals surface area contributed by atoms with Crippen molar-refractivity contribution in [3.63, 3.8) is 0 Å². The van der Waals surface area contributed by atoms with Gasteiger partial charge in [0.05, 0.1) is 4.43 Å². The molecule has 0 fully saturated rings. The molecule has 4 nitrogen and oxygen atoms in total. The average Bonchev–Trinajstić information content (AvgIpc) is 2.14. The number of halogens is 1. The monoisotopic (exact) mass is 299 g/mol. The van der Waals surface area contributed by atoms with Crippen molar-refractivity contribution in [1.82, 2.24) is 5.48 Å². The summed E-state index contributed by atoms with van der Waals surface area (Å²) in [6, 6.07) is 0. The number of hydrogen-bond donors (Lipinski definition) is 1. The average molecular weight is 299 g/mol. The topological polar surface area (TPSA) is 55.4 Å². The molecule has 0 aliphatic carbocycles. The van der Waals surface area contributed by atoms with Gasteiger partial charge in [-0.15, -0.1) is 0 Å². The number of nitrogens with one attached hydrogen (secondary N) is 1. The molecule has 76 valence electrons. The van der Waals surface area contributed by atoms with Crippen molar-refractivity contribution in [3.8, 4) is 0 Å². The molecular weight excluding hydrogens is 285 g/mol. The van der Waals surface area contributed by atoms with Gasteiger partial charge in [-0.3, -0.25) is 4.79 Å². The predicted molar refractivity (Wildman–Crippen MR) is 57.3 cm³/mol. The standard InChI is InChI=1S/C8H14INO3/c1-2-3-4-5-8(12)13-10-7(11)6-9/h2-6H2,1H3,(H,10,11). The zero-order chi connectivity index (χ0) is 10.1. The molecule has 0 aromatic heterocycles. The Balaban J connectivity index is 3.35. The predicted octanol–water partition coefficient (Wildman–Crippen LogP) is 1.58. The maximum absolute atomic E-state index is 10.9. The molecule has 0 saturated carbocycles. The quantitative estimate of drug-likeness (QED) is 0.363. The van der Waals surface area contributed by atoms with Gasteiger partial charge in [-0.25, -0.2) is 4.79 Å². The van der Waals surface area contributed by atoms with E-state index in [-0.39, 0.29) is 11.9 Å². The van der Waals surface area contributed by atoms with Crippen LogP contribution in [0.25, 0.3) is 0 Å². The Morgan fingerprint density at radius 3 is 2.62 bits per heavy atom. The summed E-state index contributed by atoms with van der Waals surface area (Å²) in [5.74, 6) is -0.656. The Morgan fingerprint density at radius 1 is 1.38 bits per heavy atom. The van der Waals surface area contributed by atoms with Crippen LogP contribution in [0.15, 0.2) is 0 Å². The molecule has 0 aromatic carbocycles. The van der Waals surface area contributed by atoms with Crippen molar-refractivity contribution >= 4 is 34.5 Å². The third-order valence-electron chi connectivity index (χ3n) is 1.38. The third kappa shape index (κ3) is 8.01. The minimum atomic E-state index is -0.369. The first kappa shape index (κ1) is 12.7. The summed E-state index contributed by atoms with van der Waals surface area (Å²) in [6.07, 6.45) is 3.26. The van der Waals surface area contributed by atoms with Gasteiger partial charge < -0.3 is 4.84 Å². The van der Waals surface area contributed by atoms with Crippen LogP contribution in [0.2, 0.25) is 0 Å². The number of carbonyl (C=O) groups is 2. The molecule has 5 heteroatoms. The third-order valence-corrected chi connectivity index (χ3v) is 2.08. The summed E-state index contributed by atoms with van der Waals surface area (Å²) < 4.78 is 0.292. The number of unbranched alkanes of at least 4 members (excludes halogenated alkanes) is 2. The van der Waals surface area contributed by atoms with E-state index in [0.29, 0.717) is 10.8 Å². The smallest absolute Gasteiger partial charge is 0.332 e. The number of rotatable bonds is 5. The Kier molecular flexibility index (Phi) is 8.07. The van der Waals surface area contributed by atoms with E-state index in [1.165, 1.54) is 0 Å². The molecule has 0 aliphatic heterocycles. The fraction of sp³-hybridized carbons (Fsp3) is 0.750. The molecule has 0 saturated heterocycles. The second-order valence-electron chi connectivity index (χ2n) is 2.59. The van der Waals surface area contributed by atoms with Gasteiger partial charge in [0.2, 0.25) is 0 Å².